The zero-order valence-corrected chi connectivity index (χ0v) is 14.0. The van der Waals surface area contributed by atoms with Crippen molar-refractivity contribution < 1.29 is 4.79 Å². The first-order valence-corrected chi connectivity index (χ1v) is 7.86. The van der Waals surface area contributed by atoms with Gasteiger partial charge in [-0.1, -0.05) is 30.3 Å². The van der Waals surface area contributed by atoms with Crippen molar-refractivity contribution in [3.8, 4) is 0 Å². The van der Waals surface area contributed by atoms with E-state index in [1.54, 1.807) is 4.90 Å². The van der Waals surface area contributed by atoms with Crippen LogP contribution in [0.4, 0.5) is 5.69 Å². The molecule has 0 spiro atoms. The highest BCUT2D eigenvalue weighted by Gasteiger charge is 2.27. The fraction of sp³-hybridized carbons (Fsp3) is 0.176. The summed E-state index contributed by atoms with van der Waals surface area (Å²) < 4.78 is 1.13. The Kier molecular flexibility index (Phi) is 3.80. The molecule has 0 bridgehead atoms. The number of rotatable bonds is 1. The van der Waals surface area contributed by atoms with Crippen LogP contribution in [0.1, 0.15) is 18.1 Å². The van der Waals surface area contributed by atoms with Gasteiger partial charge < -0.3 is 4.90 Å². The Bertz CT molecular complexity index is 725. The number of hydrogen-bond donors (Lipinski definition) is 0. The molecule has 1 atom stereocenters. The van der Waals surface area contributed by atoms with Gasteiger partial charge in [-0.2, -0.15) is 0 Å². The molecule has 3 nitrogen and oxygen atoms in total. The first kappa shape index (κ1) is 14.3. The van der Waals surface area contributed by atoms with Gasteiger partial charge in [0.1, 0.15) is 6.04 Å². The largest absolute Gasteiger partial charge is 0.313 e. The molecule has 0 radical (unpaired) electrons. The van der Waals surface area contributed by atoms with Gasteiger partial charge in [-0.15, -0.1) is 0 Å². The van der Waals surface area contributed by atoms with Gasteiger partial charge in [0.25, 0.3) is 5.91 Å². The van der Waals surface area contributed by atoms with Crippen molar-refractivity contribution in [3.05, 3.63) is 63.2 Å². The maximum Gasteiger partial charge on any atom is 0.251 e. The molecule has 0 fully saturated rings. The minimum atomic E-state index is -0.379. The molecule has 0 saturated heterocycles. The molecule has 0 aromatic heterocycles. The molecule has 21 heavy (non-hydrogen) atoms. The minimum absolute atomic E-state index is 0.0170. The van der Waals surface area contributed by atoms with Gasteiger partial charge in [0.05, 0.1) is 11.4 Å². The number of benzodiazepines with no additional fused rings is 1. The number of likely N-dealkylation sites (N-methyl/N-ethyl adjacent to an activating group) is 1. The molecule has 4 heteroatoms. The average molecular weight is 390 g/mol. The zero-order chi connectivity index (χ0) is 15.0. The number of carbonyl (C=O) groups excluding carboxylic acids is 1. The lowest BCUT2D eigenvalue weighted by Crippen LogP contribution is -2.32. The Hall–Kier alpha value is -1.69. The lowest BCUT2D eigenvalue weighted by molar-refractivity contribution is -0.119. The van der Waals surface area contributed by atoms with Gasteiger partial charge in [0.2, 0.25) is 0 Å². The van der Waals surface area contributed by atoms with Crippen molar-refractivity contribution in [2.45, 2.75) is 13.0 Å². The number of fused-ring (bicyclic) bond motifs is 1. The van der Waals surface area contributed by atoms with E-state index >= 15 is 0 Å². The summed E-state index contributed by atoms with van der Waals surface area (Å²) in [5.74, 6) is 0.0170. The maximum absolute atomic E-state index is 12.4. The number of halogens is 1. The van der Waals surface area contributed by atoms with Crippen LogP contribution in [0.3, 0.4) is 0 Å². The van der Waals surface area contributed by atoms with E-state index in [2.05, 4.69) is 33.6 Å². The van der Waals surface area contributed by atoms with Crippen LogP contribution in [-0.2, 0) is 4.79 Å². The van der Waals surface area contributed by atoms with Gasteiger partial charge in [-0.25, -0.2) is 0 Å². The van der Waals surface area contributed by atoms with Crippen LogP contribution in [0.25, 0.3) is 0 Å². The molecular formula is C17H15IN2O. The highest BCUT2D eigenvalue weighted by atomic mass is 127. The Morgan fingerprint density at radius 2 is 1.86 bits per heavy atom. The predicted molar refractivity (Wildman–Crippen MR) is 94.1 cm³/mol. The summed E-state index contributed by atoms with van der Waals surface area (Å²) in [7, 11) is 1.81. The smallest absolute Gasteiger partial charge is 0.251 e. The number of aliphatic imine (C=N–C) groups is 1. The summed E-state index contributed by atoms with van der Waals surface area (Å²) in [5.41, 5.74) is 3.84. The van der Waals surface area contributed by atoms with Crippen molar-refractivity contribution >= 4 is 39.9 Å². The molecule has 1 aliphatic heterocycles. The molecule has 1 heterocycles. The molecule has 0 N–H and O–H groups in total. The summed E-state index contributed by atoms with van der Waals surface area (Å²) >= 11 is 2.29. The van der Waals surface area contributed by atoms with Crippen LogP contribution < -0.4 is 4.90 Å². The van der Waals surface area contributed by atoms with Gasteiger partial charge in [-0.05, 0) is 47.7 Å². The molecule has 1 aliphatic rings. The van der Waals surface area contributed by atoms with E-state index in [0.29, 0.717) is 0 Å². The summed E-state index contributed by atoms with van der Waals surface area (Å²) in [4.78, 5) is 18.8. The lowest BCUT2D eigenvalue weighted by atomic mass is 10.0. The second kappa shape index (κ2) is 5.60. The van der Waals surface area contributed by atoms with E-state index in [4.69, 9.17) is 0 Å². The lowest BCUT2D eigenvalue weighted by Gasteiger charge is -2.19. The molecule has 3 rings (SSSR count). The number of anilines is 1. The topological polar surface area (TPSA) is 32.7 Å². The monoisotopic (exact) mass is 390 g/mol. The minimum Gasteiger partial charge on any atom is -0.313 e. The van der Waals surface area contributed by atoms with E-state index in [-0.39, 0.29) is 11.9 Å². The number of amides is 1. The van der Waals surface area contributed by atoms with Crippen molar-refractivity contribution in [1.82, 2.24) is 0 Å². The molecule has 2 aromatic carbocycles. The van der Waals surface area contributed by atoms with Gasteiger partial charge in [0, 0.05) is 21.7 Å². The summed E-state index contributed by atoms with van der Waals surface area (Å²) in [6.45, 7) is 1.85. The van der Waals surface area contributed by atoms with Crippen molar-refractivity contribution in [3.63, 3.8) is 0 Å². The second-order valence-corrected chi connectivity index (χ2v) is 6.32. The van der Waals surface area contributed by atoms with Crippen LogP contribution in [0.5, 0.6) is 0 Å². The van der Waals surface area contributed by atoms with Gasteiger partial charge in [-0.3, -0.25) is 9.79 Å². The number of hydrogen-bond acceptors (Lipinski definition) is 2. The van der Waals surface area contributed by atoms with E-state index < -0.39 is 0 Å². The quantitative estimate of drug-likeness (QED) is 0.687. The van der Waals surface area contributed by atoms with Crippen molar-refractivity contribution in [2.75, 3.05) is 11.9 Å². The summed E-state index contributed by atoms with van der Waals surface area (Å²) in [5, 5.41) is 0. The third kappa shape index (κ3) is 2.60. The Morgan fingerprint density at radius 1 is 1.14 bits per heavy atom. The molecule has 2 aromatic rings. The zero-order valence-electron chi connectivity index (χ0n) is 11.9. The molecule has 106 valence electrons. The van der Waals surface area contributed by atoms with E-state index in [0.717, 1.165) is 26.1 Å². The second-order valence-electron chi connectivity index (χ2n) is 5.08. The first-order valence-electron chi connectivity index (χ1n) is 6.78. The molecular weight excluding hydrogens is 375 g/mol. The van der Waals surface area contributed by atoms with Crippen LogP contribution in [0.15, 0.2) is 53.5 Å². The normalized spacial score (nSPS) is 18.0. The van der Waals surface area contributed by atoms with Crippen LogP contribution in [0, 0.1) is 3.57 Å². The molecule has 0 saturated carbocycles. The molecule has 0 unspecified atom stereocenters. The number of nitrogens with zero attached hydrogens (tertiary/aromatic N) is 2. The highest BCUT2D eigenvalue weighted by Crippen LogP contribution is 2.29. The standard InChI is InChI=1S/C17H15IN2O/c1-11-17(21)20(2)15-9-8-13(18)10-14(15)16(19-11)12-6-4-3-5-7-12/h3-11H,1-2H3/t11-/m1/s1. The van der Waals surface area contributed by atoms with Gasteiger partial charge >= 0.3 is 0 Å². The third-order valence-electron chi connectivity index (χ3n) is 3.63. The van der Waals surface area contributed by atoms with Crippen LogP contribution >= 0.6 is 22.6 Å². The van der Waals surface area contributed by atoms with E-state index in [9.17, 15) is 4.79 Å². The highest BCUT2D eigenvalue weighted by molar-refractivity contribution is 14.1. The van der Waals surface area contributed by atoms with E-state index in [1.807, 2.05) is 56.4 Å². The van der Waals surface area contributed by atoms with Crippen LogP contribution in [-0.4, -0.2) is 24.7 Å². The first-order chi connectivity index (χ1) is 10.1. The SMILES string of the molecule is C[C@H]1N=C(c2ccccc2)c2cc(I)ccc2N(C)C1=O. The van der Waals surface area contributed by atoms with Gasteiger partial charge in [0.15, 0.2) is 0 Å². The summed E-state index contributed by atoms with van der Waals surface area (Å²) in [6, 6.07) is 15.7. The van der Waals surface area contributed by atoms with Crippen molar-refractivity contribution in [2.24, 2.45) is 4.99 Å². The Morgan fingerprint density at radius 3 is 2.57 bits per heavy atom. The maximum atomic E-state index is 12.4. The van der Waals surface area contributed by atoms with E-state index in [1.165, 1.54) is 0 Å². The van der Waals surface area contributed by atoms with Crippen molar-refractivity contribution in [1.29, 1.82) is 0 Å². The Labute approximate surface area is 137 Å². The molecule has 1 amide bonds. The van der Waals surface area contributed by atoms with Crippen LogP contribution in [0.2, 0.25) is 0 Å². The fourth-order valence-electron chi connectivity index (χ4n) is 2.53. The fourth-order valence-corrected chi connectivity index (χ4v) is 3.03. The predicted octanol–water partition coefficient (Wildman–Crippen LogP) is 3.49. The number of benzene rings is 2. The summed E-state index contributed by atoms with van der Waals surface area (Å²) in [6.07, 6.45) is 0. The third-order valence-corrected chi connectivity index (χ3v) is 4.30. The number of carbonyl (C=O) groups is 1. The molecule has 0 aliphatic carbocycles. The average Bonchev–Trinajstić information content (AvgIpc) is 2.59. The Balaban J connectivity index is 2.27.